The van der Waals surface area contributed by atoms with Crippen molar-refractivity contribution in [2.45, 2.75) is 0 Å². The molecule has 0 atom stereocenters. The standard InChI is InChI=1S/C8H8O/c9-7-3-6-8-4-1-2-5-8/h1-7,9H/b7-3+. The van der Waals surface area contributed by atoms with Gasteiger partial charge in [-0.3, -0.25) is 0 Å². The molecule has 0 saturated heterocycles. The highest BCUT2D eigenvalue weighted by Gasteiger charge is 1.85. The van der Waals surface area contributed by atoms with Crippen LogP contribution >= 0.6 is 0 Å². The lowest BCUT2D eigenvalue weighted by Gasteiger charge is -1.80. The molecule has 1 aliphatic rings. The van der Waals surface area contributed by atoms with Crippen molar-refractivity contribution in [2.24, 2.45) is 0 Å². The summed E-state index contributed by atoms with van der Waals surface area (Å²) < 4.78 is 0. The van der Waals surface area contributed by atoms with Crippen LogP contribution in [-0.4, -0.2) is 5.11 Å². The molecular weight excluding hydrogens is 112 g/mol. The lowest BCUT2D eigenvalue weighted by atomic mass is 10.3. The summed E-state index contributed by atoms with van der Waals surface area (Å²) in [6, 6.07) is 0. The minimum Gasteiger partial charge on any atom is -0.516 e. The Morgan fingerprint density at radius 2 is 1.89 bits per heavy atom. The summed E-state index contributed by atoms with van der Waals surface area (Å²) in [6.07, 6.45) is 12.3. The highest BCUT2D eigenvalue weighted by atomic mass is 16.2. The molecule has 0 radical (unpaired) electrons. The smallest absolute Gasteiger partial charge is 0.0791 e. The van der Waals surface area contributed by atoms with Crippen molar-refractivity contribution in [3.8, 4) is 0 Å². The number of hydrogen-bond donors (Lipinski definition) is 1. The van der Waals surface area contributed by atoms with Crippen LogP contribution in [0.15, 0.2) is 48.3 Å². The van der Waals surface area contributed by atoms with Gasteiger partial charge in [0.1, 0.15) is 0 Å². The molecule has 1 heteroatoms. The summed E-state index contributed by atoms with van der Waals surface area (Å²) in [6.45, 7) is 0. The predicted molar refractivity (Wildman–Crippen MR) is 38.1 cm³/mol. The van der Waals surface area contributed by atoms with Gasteiger partial charge >= 0.3 is 0 Å². The average molecular weight is 120 g/mol. The van der Waals surface area contributed by atoms with E-state index >= 15 is 0 Å². The molecule has 9 heavy (non-hydrogen) atoms. The zero-order chi connectivity index (χ0) is 6.53. The zero-order valence-corrected chi connectivity index (χ0v) is 4.99. The molecule has 1 aliphatic carbocycles. The molecule has 0 heterocycles. The van der Waals surface area contributed by atoms with E-state index in [0.29, 0.717) is 0 Å². The van der Waals surface area contributed by atoms with Gasteiger partial charge in [0.2, 0.25) is 0 Å². The molecule has 0 amide bonds. The normalized spacial score (nSPS) is 15.8. The molecular formula is C8H8O. The first-order chi connectivity index (χ1) is 4.43. The van der Waals surface area contributed by atoms with Crippen LogP contribution in [0.25, 0.3) is 0 Å². The van der Waals surface area contributed by atoms with E-state index in [2.05, 4.69) is 0 Å². The molecule has 0 aliphatic heterocycles. The Hall–Kier alpha value is -1.24. The quantitative estimate of drug-likeness (QED) is 0.525. The second-order valence-corrected chi connectivity index (χ2v) is 1.73. The zero-order valence-electron chi connectivity index (χ0n) is 4.99. The first-order valence-corrected chi connectivity index (χ1v) is 2.79. The number of hydrogen-bond acceptors (Lipinski definition) is 1. The van der Waals surface area contributed by atoms with Crippen LogP contribution in [0.4, 0.5) is 0 Å². The molecule has 0 aromatic rings. The number of rotatable bonds is 1. The predicted octanol–water partition coefficient (Wildman–Crippen LogP) is 2.11. The minimum atomic E-state index is 1.02. The topological polar surface area (TPSA) is 20.2 Å². The molecule has 0 unspecified atom stereocenters. The Kier molecular flexibility index (Phi) is 1.91. The fraction of sp³-hybridized carbons (Fsp3) is 0. The maximum Gasteiger partial charge on any atom is 0.0791 e. The molecule has 1 N–H and O–H groups in total. The van der Waals surface area contributed by atoms with E-state index in [1.807, 2.05) is 30.4 Å². The molecule has 0 bridgehead atoms. The van der Waals surface area contributed by atoms with Gasteiger partial charge in [-0.2, -0.15) is 0 Å². The largest absolute Gasteiger partial charge is 0.516 e. The number of aliphatic hydroxyl groups excluding tert-OH is 1. The summed E-state index contributed by atoms with van der Waals surface area (Å²) in [4.78, 5) is 0. The average Bonchev–Trinajstić information content (AvgIpc) is 2.34. The van der Waals surface area contributed by atoms with E-state index in [-0.39, 0.29) is 0 Å². The van der Waals surface area contributed by atoms with Crippen LogP contribution in [0.2, 0.25) is 0 Å². The molecule has 46 valence electrons. The Bertz CT molecular complexity index is 181. The summed E-state index contributed by atoms with van der Waals surface area (Å²) in [5.41, 5.74) is 1.11. The van der Waals surface area contributed by atoms with Crippen molar-refractivity contribution in [1.82, 2.24) is 0 Å². The first-order valence-electron chi connectivity index (χ1n) is 2.79. The van der Waals surface area contributed by atoms with Crippen LogP contribution in [0, 0.1) is 0 Å². The summed E-state index contributed by atoms with van der Waals surface area (Å²) >= 11 is 0. The molecule has 0 aromatic heterocycles. The van der Waals surface area contributed by atoms with Gasteiger partial charge < -0.3 is 5.11 Å². The lowest BCUT2D eigenvalue weighted by molar-refractivity contribution is 0.473. The van der Waals surface area contributed by atoms with Gasteiger partial charge in [0.05, 0.1) is 6.26 Å². The Morgan fingerprint density at radius 1 is 1.22 bits per heavy atom. The van der Waals surface area contributed by atoms with Crippen molar-refractivity contribution in [2.75, 3.05) is 0 Å². The maximum atomic E-state index is 8.25. The lowest BCUT2D eigenvalue weighted by Crippen LogP contribution is -1.61. The maximum absolute atomic E-state index is 8.25. The van der Waals surface area contributed by atoms with E-state index in [4.69, 9.17) is 5.11 Å². The van der Waals surface area contributed by atoms with E-state index in [9.17, 15) is 0 Å². The van der Waals surface area contributed by atoms with Gasteiger partial charge in [0, 0.05) is 0 Å². The van der Waals surface area contributed by atoms with Gasteiger partial charge in [0.25, 0.3) is 0 Å². The number of allylic oxidation sites excluding steroid dienone is 7. The second kappa shape index (κ2) is 2.92. The van der Waals surface area contributed by atoms with E-state index in [1.165, 1.54) is 0 Å². The Morgan fingerprint density at radius 3 is 2.44 bits per heavy atom. The highest BCUT2D eigenvalue weighted by Crippen LogP contribution is 2.05. The second-order valence-electron chi connectivity index (χ2n) is 1.73. The molecule has 1 rings (SSSR count). The van der Waals surface area contributed by atoms with Gasteiger partial charge in [-0.05, 0) is 11.6 Å². The summed E-state index contributed by atoms with van der Waals surface area (Å²) in [5.74, 6) is 0. The van der Waals surface area contributed by atoms with Crippen LogP contribution in [0.1, 0.15) is 0 Å². The van der Waals surface area contributed by atoms with Crippen LogP contribution in [-0.2, 0) is 0 Å². The van der Waals surface area contributed by atoms with Crippen molar-refractivity contribution >= 4 is 0 Å². The SMILES string of the molecule is O/C=C/C=C1C=CC=C1. The van der Waals surface area contributed by atoms with Gasteiger partial charge in [-0.25, -0.2) is 0 Å². The molecule has 0 fully saturated rings. The summed E-state index contributed by atoms with van der Waals surface area (Å²) in [7, 11) is 0. The van der Waals surface area contributed by atoms with Crippen LogP contribution < -0.4 is 0 Å². The first kappa shape index (κ1) is 5.89. The van der Waals surface area contributed by atoms with Crippen molar-refractivity contribution < 1.29 is 5.11 Å². The molecule has 0 saturated carbocycles. The van der Waals surface area contributed by atoms with Gasteiger partial charge in [-0.15, -0.1) is 0 Å². The monoisotopic (exact) mass is 120 g/mol. The Labute approximate surface area is 54.3 Å². The van der Waals surface area contributed by atoms with Crippen molar-refractivity contribution in [1.29, 1.82) is 0 Å². The minimum absolute atomic E-state index is 1.02. The van der Waals surface area contributed by atoms with Gasteiger partial charge in [0.15, 0.2) is 0 Å². The Balaban J connectivity index is 2.62. The highest BCUT2D eigenvalue weighted by molar-refractivity contribution is 5.41. The molecule has 0 spiro atoms. The van der Waals surface area contributed by atoms with Crippen molar-refractivity contribution in [3.05, 3.63) is 48.3 Å². The molecule has 1 nitrogen and oxygen atoms in total. The third kappa shape index (κ3) is 1.61. The van der Waals surface area contributed by atoms with E-state index < -0.39 is 0 Å². The number of aliphatic hydroxyl groups is 1. The van der Waals surface area contributed by atoms with E-state index in [1.54, 1.807) is 6.08 Å². The fourth-order valence-corrected chi connectivity index (χ4v) is 0.654. The summed E-state index contributed by atoms with van der Waals surface area (Å²) in [5, 5.41) is 8.25. The third-order valence-electron chi connectivity index (χ3n) is 1.06. The van der Waals surface area contributed by atoms with Crippen LogP contribution in [0.3, 0.4) is 0 Å². The van der Waals surface area contributed by atoms with E-state index in [0.717, 1.165) is 11.8 Å². The fourth-order valence-electron chi connectivity index (χ4n) is 0.654. The van der Waals surface area contributed by atoms with Crippen molar-refractivity contribution in [3.63, 3.8) is 0 Å². The molecule has 0 aromatic carbocycles. The van der Waals surface area contributed by atoms with Crippen LogP contribution in [0.5, 0.6) is 0 Å². The third-order valence-corrected chi connectivity index (χ3v) is 1.06. The van der Waals surface area contributed by atoms with Gasteiger partial charge in [-0.1, -0.05) is 30.4 Å².